The topological polar surface area (TPSA) is 9.23 Å². The van der Waals surface area contributed by atoms with Crippen molar-refractivity contribution in [3.05, 3.63) is 29.3 Å². The fraction of sp³-hybridized carbons (Fsp3) is 0.619. The Morgan fingerprint density at radius 3 is 2.27 bits per heavy atom. The molecule has 0 heterocycles. The molecule has 0 aliphatic carbocycles. The zero-order chi connectivity index (χ0) is 16.7. The molecular formula is C21H32O. The Labute approximate surface area is 137 Å². The summed E-state index contributed by atoms with van der Waals surface area (Å²) in [5.41, 5.74) is 2.67. The van der Waals surface area contributed by atoms with Crippen molar-refractivity contribution in [2.75, 3.05) is 6.61 Å². The summed E-state index contributed by atoms with van der Waals surface area (Å²) in [4.78, 5) is 0. The van der Waals surface area contributed by atoms with Crippen molar-refractivity contribution in [3.63, 3.8) is 0 Å². The smallest absolute Gasteiger partial charge is 0.122 e. The molecule has 0 amide bonds. The van der Waals surface area contributed by atoms with Crippen molar-refractivity contribution in [1.82, 2.24) is 0 Å². The average molecular weight is 300 g/mol. The second kappa shape index (κ2) is 8.89. The summed E-state index contributed by atoms with van der Waals surface area (Å²) >= 11 is 0. The summed E-state index contributed by atoms with van der Waals surface area (Å²) in [5, 5.41) is 0. The second-order valence-corrected chi connectivity index (χ2v) is 6.91. The number of hydrogen-bond acceptors (Lipinski definition) is 1. The fourth-order valence-corrected chi connectivity index (χ4v) is 2.37. The van der Waals surface area contributed by atoms with Crippen LogP contribution in [0.5, 0.6) is 5.75 Å². The summed E-state index contributed by atoms with van der Waals surface area (Å²) in [6, 6.07) is 6.66. The minimum Gasteiger partial charge on any atom is -0.493 e. The molecule has 0 radical (unpaired) electrons. The fourth-order valence-electron chi connectivity index (χ4n) is 2.37. The second-order valence-electron chi connectivity index (χ2n) is 6.91. The van der Waals surface area contributed by atoms with E-state index in [9.17, 15) is 0 Å². The van der Waals surface area contributed by atoms with E-state index < -0.39 is 0 Å². The summed E-state index contributed by atoms with van der Waals surface area (Å²) < 4.78 is 5.99. The zero-order valence-corrected chi connectivity index (χ0v) is 15.4. The Morgan fingerprint density at radius 2 is 1.73 bits per heavy atom. The quantitative estimate of drug-likeness (QED) is 0.586. The molecule has 1 aromatic carbocycles. The molecule has 122 valence electrons. The predicted octanol–water partition coefficient (Wildman–Crippen LogP) is 6.00. The first-order valence-corrected chi connectivity index (χ1v) is 8.61. The van der Waals surface area contributed by atoms with Crippen LogP contribution in [0.2, 0.25) is 0 Å². The SMILES string of the molecule is CCC#CC(C)C(C)c1ccc(OCC(C)C)c(C(C)C)c1. The number of ether oxygens (including phenoxy) is 1. The summed E-state index contributed by atoms with van der Waals surface area (Å²) in [5.74, 6) is 9.42. The third-order valence-corrected chi connectivity index (χ3v) is 4.01. The Morgan fingerprint density at radius 1 is 1.05 bits per heavy atom. The highest BCUT2D eigenvalue weighted by atomic mass is 16.5. The van der Waals surface area contributed by atoms with Crippen LogP contribution in [-0.4, -0.2) is 6.61 Å². The van der Waals surface area contributed by atoms with E-state index in [1.54, 1.807) is 0 Å². The van der Waals surface area contributed by atoms with Gasteiger partial charge in [0.2, 0.25) is 0 Å². The number of benzene rings is 1. The molecule has 0 N–H and O–H groups in total. The number of hydrogen-bond donors (Lipinski definition) is 0. The van der Waals surface area contributed by atoms with Gasteiger partial charge in [0.15, 0.2) is 0 Å². The lowest BCUT2D eigenvalue weighted by atomic mass is 9.87. The van der Waals surface area contributed by atoms with Gasteiger partial charge in [-0.3, -0.25) is 0 Å². The van der Waals surface area contributed by atoms with Crippen molar-refractivity contribution in [3.8, 4) is 17.6 Å². The van der Waals surface area contributed by atoms with E-state index in [0.29, 0.717) is 23.7 Å². The standard InChI is InChI=1S/C21H32O/c1-8-9-10-17(6)18(7)19-11-12-21(22-14-15(2)3)20(13-19)16(4)5/h11-13,15-18H,8,14H2,1-7H3. The minimum absolute atomic E-state index is 0.377. The largest absolute Gasteiger partial charge is 0.493 e. The molecule has 22 heavy (non-hydrogen) atoms. The third-order valence-electron chi connectivity index (χ3n) is 4.01. The molecule has 2 unspecified atom stereocenters. The lowest BCUT2D eigenvalue weighted by Crippen LogP contribution is -2.09. The molecule has 0 aliphatic rings. The molecule has 1 aromatic rings. The molecule has 0 spiro atoms. The van der Waals surface area contributed by atoms with E-state index in [1.165, 1.54) is 11.1 Å². The first-order chi connectivity index (χ1) is 10.4. The van der Waals surface area contributed by atoms with E-state index in [-0.39, 0.29) is 0 Å². The van der Waals surface area contributed by atoms with Crippen LogP contribution in [0, 0.1) is 23.7 Å². The van der Waals surface area contributed by atoms with E-state index in [4.69, 9.17) is 4.74 Å². The lowest BCUT2D eigenvalue weighted by Gasteiger charge is -2.20. The van der Waals surface area contributed by atoms with Gasteiger partial charge in [-0.05, 0) is 34.9 Å². The van der Waals surface area contributed by atoms with Crippen LogP contribution in [0.1, 0.15) is 77.8 Å². The van der Waals surface area contributed by atoms with Crippen LogP contribution in [0.25, 0.3) is 0 Å². The van der Waals surface area contributed by atoms with Gasteiger partial charge in [0.05, 0.1) is 6.61 Å². The third kappa shape index (κ3) is 5.41. The summed E-state index contributed by atoms with van der Waals surface area (Å²) in [6.07, 6.45) is 0.927. The monoisotopic (exact) mass is 300 g/mol. The zero-order valence-electron chi connectivity index (χ0n) is 15.4. The summed E-state index contributed by atoms with van der Waals surface area (Å²) in [6.45, 7) is 16.2. The highest BCUT2D eigenvalue weighted by Gasteiger charge is 2.16. The maximum absolute atomic E-state index is 5.99. The maximum atomic E-state index is 5.99. The highest BCUT2D eigenvalue weighted by Crippen LogP contribution is 2.32. The normalized spacial score (nSPS) is 13.7. The molecule has 2 atom stereocenters. The van der Waals surface area contributed by atoms with Crippen LogP contribution in [-0.2, 0) is 0 Å². The molecule has 0 aliphatic heterocycles. The molecule has 0 saturated carbocycles. The Bertz CT molecular complexity index is 516. The van der Waals surface area contributed by atoms with E-state index in [0.717, 1.165) is 18.8 Å². The van der Waals surface area contributed by atoms with Crippen molar-refractivity contribution in [2.45, 2.75) is 66.7 Å². The predicted molar refractivity (Wildman–Crippen MR) is 96.5 cm³/mol. The van der Waals surface area contributed by atoms with Crippen molar-refractivity contribution < 1.29 is 4.74 Å². The molecule has 0 aromatic heterocycles. The van der Waals surface area contributed by atoms with Crippen LogP contribution in [0.3, 0.4) is 0 Å². The van der Waals surface area contributed by atoms with Gasteiger partial charge in [-0.1, -0.05) is 66.5 Å². The van der Waals surface area contributed by atoms with E-state index in [1.807, 2.05) is 0 Å². The van der Waals surface area contributed by atoms with E-state index >= 15 is 0 Å². The molecular weight excluding hydrogens is 268 g/mol. The van der Waals surface area contributed by atoms with Crippen LogP contribution in [0.4, 0.5) is 0 Å². The first kappa shape index (κ1) is 18.6. The summed E-state index contributed by atoms with van der Waals surface area (Å²) in [7, 11) is 0. The molecule has 1 rings (SSSR count). The van der Waals surface area contributed by atoms with Crippen molar-refractivity contribution >= 4 is 0 Å². The van der Waals surface area contributed by atoms with Crippen LogP contribution < -0.4 is 4.74 Å². The van der Waals surface area contributed by atoms with Gasteiger partial charge in [0.25, 0.3) is 0 Å². The number of rotatable bonds is 6. The molecule has 1 nitrogen and oxygen atoms in total. The molecule has 0 bridgehead atoms. The van der Waals surface area contributed by atoms with Gasteiger partial charge < -0.3 is 4.74 Å². The van der Waals surface area contributed by atoms with Crippen LogP contribution in [0.15, 0.2) is 18.2 Å². The Balaban J connectivity index is 3.01. The van der Waals surface area contributed by atoms with Gasteiger partial charge in [-0.25, -0.2) is 0 Å². The van der Waals surface area contributed by atoms with Gasteiger partial charge in [0.1, 0.15) is 5.75 Å². The Hall–Kier alpha value is -1.42. The minimum atomic E-state index is 0.377. The first-order valence-electron chi connectivity index (χ1n) is 8.61. The van der Waals surface area contributed by atoms with Crippen LogP contribution >= 0.6 is 0 Å². The van der Waals surface area contributed by atoms with Crippen molar-refractivity contribution in [1.29, 1.82) is 0 Å². The average Bonchev–Trinajstić information content (AvgIpc) is 2.49. The van der Waals surface area contributed by atoms with Gasteiger partial charge >= 0.3 is 0 Å². The van der Waals surface area contributed by atoms with Gasteiger partial charge in [-0.15, -0.1) is 5.92 Å². The Kier molecular flexibility index (Phi) is 7.52. The van der Waals surface area contributed by atoms with Gasteiger partial charge in [0, 0.05) is 12.3 Å². The lowest BCUT2D eigenvalue weighted by molar-refractivity contribution is 0.267. The maximum Gasteiger partial charge on any atom is 0.122 e. The highest BCUT2D eigenvalue weighted by molar-refractivity contribution is 5.41. The van der Waals surface area contributed by atoms with E-state index in [2.05, 4.69) is 78.5 Å². The molecule has 0 saturated heterocycles. The van der Waals surface area contributed by atoms with Crippen molar-refractivity contribution in [2.24, 2.45) is 11.8 Å². The molecule has 1 heteroatoms. The molecule has 0 fully saturated rings. The van der Waals surface area contributed by atoms with Gasteiger partial charge in [-0.2, -0.15) is 0 Å².